The van der Waals surface area contributed by atoms with Crippen LogP contribution in [-0.2, 0) is 9.59 Å². The molecule has 1 aromatic rings. The van der Waals surface area contributed by atoms with Crippen molar-refractivity contribution in [1.82, 2.24) is 4.90 Å². The van der Waals surface area contributed by atoms with Crippen LogP contribution in [0.1, 0.15) is 51.5 Å². The molecule has 1 heterocycles. The van der Waals surface area contributed by atoms with E-state index in [0.29, 0.717) is 25.1 Å². The van der Waals surface area contributed by atoms with Gasteiger partial charge in [-0.3, -0.25) is 14.5 Å². The zero-order valence-corrected chi connectivity index (χ0v) is 16.6. The van der Waals surface area contributed by atoms with Crippen LogP contribution in [0, 0.1) is 18.7 Å². The van der Waals surface area contributed by atoms with Crippen molar-refractivity contribution in [1.29, 1.82) is 0 Å². The number of benzene rings is 1. The third-order valence-electron chi connectivity index (χ3n) is 5.28. The predicted molar refractivity (Wildman–Crippen MR) is 104 cm³/mol. The topological polar surface area (TPSA) is 60.9 Å². The van der Waals surface area contributed by atoms with Crippen LogP contribution in [0.4, 0.5) is 10.1 Å². The second-order valence-electron chi connectivity index (χ2n) is 7.49. The fraction of sp³-hybridized carbons (Fsp3) is 0.619. The first kappa shape index (κ1) is 21.4. The Balaban J connectivity index is 2.23. The van der Waals surface area contributed by atoms with Gasteiger partial charge >= 0.3 is 5.97 Å². The molecule has 0 aliphatic carbocycles. The number of likely N-dealkylation sites (tertiary alicyclic amines) is 1. The molecule has 0 saturated carbocycles. The second kappa shape index (κ2) is 9.83. The smallest absolute Gasteiger partial charge is 0.307 e. The van der Waals surface area contributed by atoms with Crippen LogP contribution in [0.15, 0.2) is 18.2 Å². The fourth-order valence-corrected chi connectivity index (χ4v) is 3.85. The summed E-state index contributed by atoms with van der Waals surface area (Å²) in [7, 11) is 0. The number of halogens is 1. The van der Waals surface area contributed by atoms with Gasteiger partial charge in [0, 0.05) is 18.3 Å². The molecule has 1 fully saturated rings. The zero-order valence-electron chi connectivity index (χ0n) is 16.6. The lowest BCUT2D eigenvalue weighted by atomic mass is 10.0. The lowest BCUT2D eigenvalue weighted by Crippen LogP contribution is -2.46. The van der Waals surface area contributed by atoms with Crippen molar-refractivity contribution in [2.45, 2.75) is 58.9 Å². The summed E-state index contributed by atoms with van der Waals surface area (Å²) in [5.74, 6) is -1.52. The minimum absolute atomic E-state index is 0.0426. The van der Waals surface area contributed by atoms with Gasteiger partial charge in [-0.1, -0.05) is 26.7 Å². The molecule has 6 heteroatoms. The number of carbonyl (C=O) groups excluding carboxylic acids is 1. The monoisotopic (exact) mass is 378 g/mol. The molecule has 5 nitrogen and oxygen atoms in total. The van der Waals surface area contributed by atoms with E-state index in [9.17, 15) is 19.1 Å². The molecular weight excluding hydrogens is 347 g/mol. The molecule has 1 unspecified atom stereocenters. The first-order valence-electron chi connectivity index (χ1n) is 9.90. The second-order valence-corrected chi connectivity index (χ2v) is 7.49. The summed E-state index contributed by atoms with van der Waals surface area (Å²) in [5, 5.41) is 9.18. The van der Waals surface area contributed by atoms with E-state index in [-0.39, 0.29) is 24.3 Å². The Hall–Kier alpha value is -1.95. The highest BCUT2D eigenvalue weighted by Crippen LogP contribution is 2.26. The highest BCUT2D eigenvalue weighted by Gasteiger charge is 2.32. The van der Waals surface area contributed by atoms with Crippen molar-refractivity contribution in [2.24, 2.45) is 5.92 Å². The zero-order chi connectivity index (χ0) is 20.0. The van der Waals surface area contributed by atoms with E-state index in [2.05, 4.69) is 13.8 Å². The maximum atomic E-state index is 13.7. The maximum absolute atomic E-state index is 13.7. The lowest BCUT2D eigenvalue weighted by molar-refractivity contribution is -0.141. The molecule has 0 bridgehead atoms. The molecule has 1 aromatic carbocycles. The van der Waals surface area contributed by atoms with Crippen LogP contribution in [0.2, 0.25) is 0 Å². The number of nitrogens with zero attached hydrogens (tertiary/aromatic N) is 2. The first-order chi connectivity index (χ1) is 12.9. The fourth-order valence-electron chi connectivity index (χ4n) is 3.85. The van der Waals surface area contributed by atoms with E-state index < -0.39 is 11.9 Å². The normalized spacial score (nSPS) is 17.4. The quantitative estimate of drug-likeness (QED) is 0.709. The van der Waals surface area contributed by atoms with Gasteiger partial charge in [0.15, 0.2) is 0 Å². The Bertz CT molecular complexity index is 659. The van der Waals surface area contributed by atoms with E-state index in [1.54, 1.807) is 19.1 Å². The number of carbonyl (C=O) groups is 2. The Labute approximate surface area is 161 Å². The molecular formula is C21H31FN2O3. The molecule has 1 N–H and O–H groups in total. The summed E-state index contributed by atoms with van der Waals surface area (Å²) in [6.07, 6.45) is 4.26. The average Bonchev–Trinajstić information content (AvgIpc) is 3.07. The molecule has 1 atom stereocenters. The summed E-state index contributed by atoms with van der Waals surface area (Å²) in [4.78, 5) is 28.1. The maximum Gasteiger partial charge on any atom is 0.307 e. The summed E-state index contributed by atoms with van der Waals surface area (Å²) >= 11 is 0. The van der Waals surface area contributed by atoms with Crippen LogP contribution < -0.4 is 4.90 Å². The third-order valence-corrected chi connectivity index (χ3v) is 5.28. The van der Waals surface area contributed by atoms with Gasteiger partial charge in [-0.25, -0.2) is 4.39 Å². The van der Waals surface area contributed by atoms with Gasteiger partial charge in [0.25, 0.3) is 0 Å². The standard InChI is InChI=1S/C21H31FN2O3/c1-4-6-17(7-5-2)24(18-8-9-19(22)15(3)12-18)20(25)14-23-11-10-16(13-23)21(26)27/h8-9,12,16-17H,4-7,10-11,13-14H2,1-3H3,(H,26,27). The molecule has 1 amide bonds. The van der Waals surface area contributed by atoms with Crippen molar-refractivity contribution in [2.75, 3.05) is 24.5 Å². The Morgan fingerprint density at radius 3 is 2.48 bits per heavy atom. The van der Waals surface area contributed by atoms with Crippen LogP contribution in [0.25, 0.3) is 0 Å². The molecule has 1 aliphatic heterocycles. The Morgan fingerprint density at radius 2 is 1.96 bits per heavy atom. The van der Waals surface area contributed by atoms with Crippen LogP contribution in [-0.4, -0.2) is 47.6 Å². The number of amides is 1. The average molecular weight is 378 g/mol. The minimum atomic E-state index is -0.800. The number of hydrogen-bond acceptors (Lipinski definition) is 3. The number of carboxylic acid groups (broad SMARTS) is 1. The van der Waals surface area contributed by atoms with Crippen LogP contribution in [0.3, 0.4) is 0 Å². The number of hydrogen-bond donors (Lipinski definition) is 1. The van der Waals surface area contributed by atoms with Gasteiger partial charge in [0.2, 0.25) is 5.91 Å². The molecule has 27 heavy (non-hydrogen) atoms. The number of anilines is 1. The van der Waals surface area contributed by atoms with Gasteiger partial charge in [-0.2, -0.15) is 0 Å². The van der Waals surface area contributed by atoms with Crippen molar-refractivity contribution in [3.05, 3.63) is 29.6 Å². The summed E-state index contributed by atoms with van der Waals surface area (Å²) in [6.45, 7) is 7.12. The lowest BCUT2D eigenvalue weighted by Gasteiger charge is -2.33. The largest absolute Gasteiger partial charge is 0.481 e. The SMILES string of the molecule is CCCC(CCC)N(C(=O)CN1CCC(C(=O)O)C1)c1ccc(F)c(C)c1. The molecule has 2 rings (SSSR count). The number of aliphatic carboxylic acids is 1. The Kier molecular flexibility index (Phi) is 7.78. The summed E-state index contributed by atoms with van der Waals surface area (Å²) in [5.41, 5.74) is 1.24. The van der Waals surface area contributed by atoms with Gasteiger partial charge in [0.1, 0.15) is 5.82 Å². The Morgan fingerprint density at radius 1 is 1.30 bits per heavy atom. The van der Waals surface area contributed by atoms with Crippen molar-refractivity contribution in [3.8, 4) is 0 Å². The third kappa shape index (κ3) is 5.51. The van der Waals surface area contributed by atoms with E-state index in [1.807, 2.05) is 9.80 Å². The predicted octanol–water partition coefficient (Wildman–Crippen LogP) is 3.84. The number of rotatable bonds is 9. The van der Waals surface area contributed by atoms with Crippen LogP contribution >= 0.6 is 0 Å². The number of aryl methyl sites for hydroxylation is 1. The highest BCUT2D eigenvalue weighted by molar-refractivity contribution is 5.95. The minimum Gasteiger partial charge on any atom is -0.481 e. The van der Waals surface area contributed by atoms with Gasteiger partial charge in [-0.15, -0.1) is 0 Å². The molecule has 1 aliphatic rings. The molecule has 150 valence electrons. The molecule has 0 aromatic heterocycles. The van der Waals surface area contributed by atoms with Gasteiger partial charge in [0.05, 0.1) is 12.5 Å². The van der Waals surface area contributed by atoms with E-state index in [0.717, 1.165) is 31.4 Å². The first-order valence-corrected chi connectivity index (χ1v) is 9.90. The highest BCUT2D eigenvalue weighted by atomic mass is 19.1. The molecule has 1 saturated heterocycles. The van der Waals surface area contributed by atoms with Crippen molar-refractivity contribution in [3.63, 3.8) is 0 Å². The number of carboxylic acids is 1. The summed E-state index contributed by atoms with van der Waals surface area (Å²) in [6, 6.07) is 4.88. The van der Waals surface area contributed by atoms with E-state index in [4.69, 9.17) is 0 Å². The van der Waals surface area contributed by atoms with Crippen molar-refractivity contribution < 1.29 is 19.1 Å². The summed E-state index contributed by atoms with van der Waals surface area (Å²) < 4.78 is 13.7. The van der Waals surface area contributed by atoms with Gasteiger partial charge < -0.3 is 10.0 Å². The van der Waals surface area contributed by atoms with Gasteiger partial charge in [-0.05, 0) is 56.5 Å². The van der Waals surface area contributed by atoms with E-state index >= 15 is 0 Å². The van der Waals surface area contributed by atoms with E-state index in [1.165, 1.54) is 6.07 Å². The van der Waals surface area contributed by atoms with Crippen LogP contribution in [0.5, 0.6) is 0 Å². The van der Waals surface area contributed by atoms with Crippen molar-refractivity contribution >= 4 is 17.6 Å². The molecule has 0 radical (unpaired) electrons. The molecule has 0 spiro atoms.